The first kappa shape index (κ1) is 21.2. The summed E-state index contributed by atoms with van der Waals surface area (Å²) in [5.41, 5.74) is 0.328. The number of thiophene rings is 1. The van der Waals surface area contributed by atoms with Crippen LogP contribution in [0.5, 0.6) is 0 Å². The summed E-state index contributed by atoms with van der Waals surface area (Å²) in [7, 11) is -3.75. The van der Waals surface area contributed by atoms with E-state index in [0.717, 1.165) is 15.9 Å². The molecular weight excluding hydrogens is 460 g/mol. The van der Waals surface area contributed by atoms with Gasteiger partial charge in [0.2, 0.25) is 0 Å². The first-order valence-corrected chi connectivity index (χ1v) is 11.9. The van der Waals surface area contributed by atoms with Crippen LogP contribution in [0.2, 0.25) is 4.34 Å². The Balaban J connectivity index is 1.55. The second-order valence-electron chi connectivity index (χ2n) is 6.82. The number of aromatic amines is 1. The molecule has 2 heterocycles. The maximum atomic E-state index is 12.7. The molecule has 0 unspecified atom stereocenters. The number of carbonyl (C=O) groups is 1. The van der Waals surface area contributed by atoms with Gasteiger partial charge in [-0.05, 0) is 42.0 Å². The normalized spacial score (nSPS) is 11.6. The number of aromatic nitrogens is 2. The zero-order valence-corrected chi connectivity index (χ0v) is 18.3. The van der Waals surface area contributed by atoms with E-state index >= 15 is 0 Å². The Hall–Kier alpha value is -3.01. The lowest BCUT2D eigenvalue weighted by molar-refractivity contribution is -0.116. The van der Waals surface area contributed by atoms with E-state index in [2.05, 4.69) is 4.98 Å². The zero-order chi connectivity index (χ0) is 22.2. The number of hydrogen-bond acceptors (Lipinski definition) is 6. The van der Waals surface area contributed by atoms with Gasteiger partial charge in [-0.25, -0.2) is 17.8 Å². The summed E-state index contributed by atoms with van der Waals surface area (Å²) in [4.78, 5) is 40.1. The second kappa shape index (κ2) is 8.26. The quantitative estimate of drug-likeness (QED) is 0.462. The van der Waals surface area contributed by atoms with Crippen molar-refractivity contribution >= 4 is 49.5 Å². The van der Waals surface area contributed by atoms with E-state index in [1.807, 2.05) is 0 Å². The van der Waals surface area contributed by atoms with Crippen LogP contribution >= 0.6 is 22.9 Å². The van der Waals surface area contributed by atoms with E-state index in [0.29, 0.717) is 26.5 Å². The van der Waals surface area contributed by atoms with Crippen LogP contribution in [0.3, 0.4) is 0 Å². The van der Waals surface area contributed by atoms with E-state index in [4.69, 9.17) is 11.6 Å². The molecule has 0 aliphatic heterocycles. The van der Waals surface area contributed by atoms with Crippen molar-refractivity contribution in [1.29, 1.82) is 0 Å². The number of benzene rings is 2. The number of fused-ring (bicyclic) bond motifs is 1. The van der Waals surface area contributed by atoms with Crippen LogP contribution in [0.25, 0.3) is 16.6 Å². The number of Topliss-reactive ketones (excluding diaryl/α,β-unsaturated/α-hetero) is 1. The number of hydrogen-bond donors (Lipinski definition) is 1. The van der Waals surface area contributed by atoms with Crippen molar-refractivity contribution in [2.45, 2.75) is 10.6 Å². The molecule has 0 fully saturated rings. The second-order valence-corrected chi connectivity index (χ2v) is 10.7. The highest BCUT2D eigenvalue weighted by atomic mass is 35.5. The largest absolute Gasteiger partial charge is 0.333 e. The summed E-state index contributed by atoms with van der Waals surface area (Å²) in [5, 5.41) is 0.375. The minimum atomic E-state index is -3.75. The molecule has 0 spiro atoms. The number of nitrogens with one attached hydrogen (secondary N) is 1. The fourth-order valence-corrected chi connectivity index (χ4v) is 6.00. The molecule has 1 N–H and O–H groups in total. The Labute approximate surface area is 185 Å². The third kappa shape index (κ3) is 4.39. The van der Waals surface area contributed by atoms with Gasteiger partial charge < -0.3 is 4.98 Å². The summed E-state index contributed by atoms with van der Waals surface area (Å²) >= 11 is 6.68. The molecule has 0 saturated heterocycles. The summed E-state index contributed by atoms with van der Waals surface area (Å²) < 4.78 is 26.0. The molecule has 7 nitrogen and oxygen atoms in total. The van der Waals surface area contributed by atoms with Gasteiger partial charge in [-0.15, -0.1) is 11.3 Å². The highest BCUT2D eigenvalue weighted by Gasteiger charge is 2.21. The third-order valence-electron chi connectivity index (χ3n) is 4.61. The average molecular weight is 475 g/mol. The third-order valence-corrected chi connectivity index (χ3v) is 8.10. The number of ketones is 1. The molecule has 0 aliphatic rings. The molecule has 2 aromatic carbocycles. The van der Waals surface area contributed by atoms with Crippen molar-refractivity contribution in [2.24, 2.45) is 0 Å². The minimum absolute atomic E-state index is 0.0519. The average Bonchev–Trinajstić information content (AvgIpc) is 3.16. The van der Waals surface area contributed by atoms with Crippen LogP contribution in [0, 0.1) is 0 Å². The van der Waals surface area contributed by atoms with Gasteiger partial charge in [0.1, 0.15) is 9.96 Å². The van der Waals surface area contributed by atoms with Gasteiger partial charge in [0, 0.05) is 6.42 Å². The van der Waals surface area contributed by atoms with Crippen LogP contribution in [-0.2, 0) is 21.1 Å². The fraction of sp³-hybridized carbons (Fsp3) is 0.0952. The van der Waals surface area contributed by atoms with Gasteiger partial charge in [0.05, 0.1) is 20.9 Å². The number of H-pyrrole nitrogens is 1. The SMILES string of the molecule is O=C(Cc1ccc(-n2c(=O)[nH]c3ccccc3c2=O)cc1)CS(=O)(=O)c1ccc(Cl)s1. The topological polar surface area (TPSA) is 106 Å². The molecule has 0 atom stereocenters. The summed E-state index contributed by atoms with van der Waals surface area (Å²) in [6, 6.07) is 15.8. The lowest BCUT2D eigenvalue weighted by atomic mass is 10.1. The van der Waals surface area contributed by atoms with Crippen LogP contribution < -0.4 is 11.2 Å². The van der Waals surface area contributed by atoms with E-state index in [1.54, 1.807) is 48.5 Å². The van der Waals surface area contributed by atoms with E-state index in [9.17, 15) is 22.8 Å². The highest BCUT2D eigenvalue weighted by Crippen LogP contribution is 2.26. The Kier molecular flexibility index (Phi) is 5.65. The first-order valence-electron chi connectivity index (χ1n) is 9.08. The molecule has 0 bridgehead atoms. The molecule has 4 rings (SSSR count). The Morgan fingerprint density at radius 2 is 1.71 bits per heavy atom. The maximum Gasteiger partial charge on any atom is 0.333 e. The molecule has 0 amide bonds. The van der Waals surface area contributed by atoms with Crippen LogP contribution in [0.4, 0.5) is 0 Å². The van der Waals surface area contributed by atoms with Crippen molar-refractivity contribution in [3.8, 4) is 5.69 Å². The van der Waals surface area contributed by atoms with Crippen molar-refractivity contribution in [3.63, 3.8) is 0 Å². The van der Waals surface area contributed by atoms with Crippen molar-refractivity contribution < 1.29 is 13.2 Å². The van der Waals surface area contributed by atoms with E-state index < -0.39 is 32.6 Å². The number of nitrogens with zero attached hydrogens (tertiary/aromatic N) is 1. The fourth-order valence-electron chi connectivity index (χ4n) is 3.19. The molecule has 31 heavy (non-hydrogen) atoms. The molecule has 2 aromatic heterocycles. The highest BCUT2D eigenvalue weighted by molar-refractivity contribution is 7.94. The van der Waals surface area contributed by atoms with Gasteiger partial charge in [0.15, 0.2) is 15.6 Å². The van der Waals surface area contributed by atoms with Crippen LogP contribution in [-0.4, -0.2) is 29.5 Å². The zero-order valence-electron chi connectivity index (χ0n) is 15.9. The van der Waals surface area contributed by atoms with Gasteiger partial charge in [-0.3, -0.25) is 9.59 Å². The molecular formula is C21H15ClN2O5S2. The van der Waals surface area contributed by atoms with Gasteiger partial charge in [0.25, 0.3) is 5.56 Å². The van der Waals surface area contributed by atoms with Gasteiger partial charge in [-0.2, -0.15) is 0 Å². The summed E-state index contributed by atoms with van der Waals surface area (Å²) in [5.74, 6) is -1.10. The van der Waals surface area contributed by atoms with Crippen molar-refractivity contribution in [2.75, 3.05) is 5.75 Å². The van der Waals surface area contributed by atoms with E-state index in [1.165, 1.54) is 12.1 Å². The summed E-state index contributed by atoms with van der Waals surface area (Å²) in [6.45, 7) is 0. The Bertz CT molecular complexity index is 1520. The van der Waals surface area contributed by atoms with Crippen LogP contribution in [0.1, 0.15) is 5.56 Å². The maximum absolute atomic E-state index is 12.7. The number of rotatable bonds is 6. The lowest BCUT2D eigenvalue weighted by Gasteiger charge is -2.08. The standard InChI is InChI=1S/C21H15ClN2O5S2/c22-18-9-10-19(30-18)31(28,29)12-15(25)11-13-5-7-14(8-6-13)24-20(26)16-3-1-2-4-17(16)23-21(24)27/h1-10H,11-12H2,(H,23,27). The molecule has 0 saturated carbocycles. The van der Waals surface area contributed by atoms with Crippen molar-refractivity contribution in [1.82, 2.24) is 9.55 Å². The van der Waals surface area contributed by atoms with Gasteiger partial charge >= 0.3 is 5.69 Å². The lowest BCUT2D eigenvalue weighted by Crippen LogP contribution is -2.33. The van der Waals surface area contributed by atoms with Crippen LogP contribution in [0.15, 0.2) is 74.5 Å². The first-order chi connectivity index (χ1) is 14.7. The molecule has 0 radical (unpaired) electrons. The smallest absolute Gasteiger partial charge is 0.306 e. The molecule has 10 heteroatoms. The minimum Gasteiger partial charge on any atom is -0.306 e. The summed E-state index contributed by atoms with van der Waals surface area (Å²) in [6.07, 6.45) is -0.0956. The Morgan fingerprint density at radius 3 is 2.39 bits per heavy atom. The molecule has 4 aromatic rings. The van der Waals surface area contributed by atoms with Gasteiger partial charge in [-0.1, -0.05) is 35.9 Å². The molecule has 158 valence electrons. The molecule has 0 aliphatic carbocycles. The number of para-hydroxylation sites is 1. The van der Waals surface area contributed by atoms with E-state index in [-0.39, 0.29) is 10.6 Å². The number of sulfone groups is 1. The monoisotopic (exact) mass is 474 g/mol. The number of halogens is 1. The van der Waals surface area contributed by atoms with Crippen molar-refractivity contribution in [3.05, 3.63) is 91.4 Å². The predicted molar refractivity (Wildman–Crippen MR) is 120 cm³/mol. The Morgan fingerprint density at radius 1 is 1.00 bits per heavy atom. The number of carbonyl (C=O) groups excluding carboxylic acids is 1. The predicted octanol–water partition coefficient (Wildman–Crippen LogP) is 2.98.